The second kappa shape index (κ2) is 7.92. The molecule has 148 valence electrons. The van der Waals surface area contributed by atoms with Crippen molar-refractivity contribution in [2.75, 3.05) is 23.3 Å². The van der Waals surface area contributed by atoms with Crippen molar-refractivity contribution in [1.82, 2.24) is 9.55 Å². The van der Waals surface area contributed by atoms with Gasteiger partial charge in [-0.1, -0.05) is 11.6 Å². The van der Waals surface area contributed by atoms with Crippen LogP contribution >= 0.6 is 11.6 Å². The van der Waals surface area contributed by atoms with E-state index in [0.717, 1.165) is 31.6 Å². The average molecular weight is 412 g/mol. The molecule has 4 rings (SSSR count). The molecule has 0 atom stereocenters. The van der Waals surface area contributed by atoms with Crippen LogP contribution in [0.3, 0.4) is 0 Å². The number of carbonyl (C=O) groups excluding carboxylic acids is 1. The fraction of sp³-hybridized carbons (Fsp3) is 0.200. The smallest absolute Gasteiger partial charge is 0.294 e. The predicted molar refractivity (Wildman–Crippen MR) is 111 cm³/mol. The minimum absolute atomic E-state index is 0.179. The number of imidazole rings is 1. The van der Waals surface area contributed by atoms with E-state index in [0.29, 0.717) is 16.4 Å². The number of carbonyl (C=O) groups is 1. The molecule has 0 bridgehead atoms. The summed E-state index contributed by atoms with van der Waals surface area (Å²) in [5.41, 5.74) is 1.83. The fourth-order valence-electron chi connectivity index (χ4n) is 3.47. The van der Waals surface area contributed by atoms with Crippen molar-refractivity contribution in [2.45, 2.75) is 12.8 Å². The number of anilines is 2. The van der Waals surface area contributed by atoms with Gasteiger partial charge in [0.15, 0.2) is 0 Å². The van der Waals surface area contributed by atoms with Crippen LogP contribution in [0.15, 0.2) is 55.1 Å². The van der Waals surface area contributed by atoms with Gasteiger partial charge in [0.05, 0.1) is 22.6 Å². The molecule has 3 aromatic rings. The van der Waals surface area contributed by atoms with E-state index in [4.69, 9.17) is 11.6 Å². The number of nitrogens with one attached hydrogen (secondary N) is 1. The molecule has 1 aromatic heterocycles. The Labute approximate surface area is 171 Å². The van der Waals surface area contributed by atoms with E-state index < -0.39 is 10.8 Å². The van der Waals surface area contributed by atoms with Crippen LogP contribution in [0.25, 0.3) is 5.69 Å². The lowest BCUT2D eigenvalue weighted by molar-refractivity contribution is -0.384. The third-order valence-corrected chi connectivity index (χ3v) is 5.11. The summed E-state index contributed by atoms with van der Waals surface area (Å²) in [5, 5.41) is 14.9. The summed E-state index contributed by atoms with van der Waals surface area (Å²) in [6.07, 6.45) is 6.80. The zero-order chi connectivity index (χ0) is 20.4. The van der Waals surface area contributed by atoms with E-state index in [-0.39, 0.29) is 11.3 Å². The zero-order valence-corrected chi connectivity index (χ0v) is 16.2. The van der Waals surface area contributed by atoms with Crippen molar-refractivity contribution < 1.29 is 9.72 Å². The van der Waals surface area contributed by atoms with E-state index in [9.17, 15) is 14.9 Å². The molecule has 0 unspecified atom stereocenters. The molecule has 29 heavy (non-hydrogen) atoms. The first kappa shape index (κ1) is 18.9. The third kappa shape index (κ3) is 3.93. The lowest BCUT2D eigenvalue weighted by atomic mass is 10.1. The van der Waals surface area contributed by atoms with Gasteiger partial charge in [0, 0.05) is 42.1 Å². The molecule has 0 spiro atoms. The molecule has 0 saturated carbocycles. The summed E-state index contributed by atoms with van der Waals surface area (Å²) in [7, 11) is 0. The first-order chi connectivity index (χ1) is 14.0. The molecular weight excluding hydrogens is 394 g/mol. The van der Waals surface area contributed by atoms with Crippen molar-refractivity contribution in [3.63, 3.8) is 0 Å². The first-order valence-electron chi connectivity index (χ1n) is 9.15. The zero-order valence-electron chi connectivity index (χ0n) is 15.4. The fourth-order valence-corrected chi connectivity index (χ4v) is 3.64. The van der Waals surface area contributed by atoms with Gasteiger partial charge in [-0.05, 0) is 43.2 Å². The van der Waals surface area contributed by atoms with Crippen LogP contribution in [0.4, 0.5) is 17.1 Å². The quantitative estimate of drug-likeness (QED) is 0.499. The summed E-state index contributed by atoms with van der Waals surface area (Å²) in [4.78, 5) is 30.0. The van der Waals surface area contributed by atoms with Crippen molar-refractivity contribution in [2.24, 2.45) is 0 Å². The molecule has 1 fully saturated rings. The maximum Gasteiger partial charge on any atom is 0.294 e. The summed E-state index contributed by atoms with van der Waals surface area (Å²) in [6, 6.07) is 9.72. The Morgan fingerprint density at radius 2 is 1.90 bits per heavy atom. The second-order valence-corrected chi connectivity index (χ2v) is 7.18. The number of rotatable bonds is 5. The Morgan fingerprint density at radius 3 is 2.59 bits per heavy atom. The van der Waals surface area contributed by atoms with Crippen molar-refractivity contribution in [3.05, 3.63) is 75.8 Å². The normalized spacial score (nSPS) is 13.5. The number of nitro groups is 1. The molecular formula is C20H18ClN5O3. The number of benzene rings is 2. The molecule has 1 amide bonds. The summed E-state index contributed by atoms with van der Waals surface area (Å²) < 4.78 is 1.53. The SMILES string of the molecule is O=C(Nc1cc(Cl)ccc1N1CCCC1)c1ccc(-n2ccnc2)c([N+](=O)[O-])c1. The van der Waals surface area contributed by atoms with Gasteiger partial charge in [0.2, 0.25) is 0 Å². The molecule has 1 aliphatic rings. The van der Waals surface area contributed by atoms with Crippen LogP contribution in [-0.4, -0.2) is 33.5 Å². The van der Waals surface area contributed by atoms with Gasteiger partial charge in [-0.3, -0.25) is 14.9 Å². The molecule has 2 aromatic carbocycles. The van der Waals surface area contributed by atoms with Crippen LogP contribution in [0, 0.1) is 10.1 Å². The average Bonchev–Trinajstić information content (AvgIpc) is 3.42. The monoisotopic (exact) mass is 411 g/mol. The standard InChI is InChI=1S/C20H18ClN5O3/c21-15-4-6-17(24-8-1-2-9-24)16(12-15)23-20(27)14-3-5-18(19(11-14)26(28)29)25-10-7-22-13-25/h3-7,10-13H,1-2,8-9H2,(H,23,27). The lowest BCUT2D eigenvalue weighted by Crippen LogP contribution is -2.21. The van der Waals surface area contributed by atoms with Crippen LogP contribution < -0.4 is 10.2 Å². The van der Waals surface area contributed by atoms with Crippen LogP contribution in [-0.2, 0) is 0 Å². The molecule has 1 aliphatic heterocycles. The highest BCUT2D eigenvalue weighted by Gasteiger charge is 2.21. The highest BCUT2D eigenvalue weighted by Crippen LogP contribution is 2.32. The Bertz CT molecular complexity index is 1060. The first-order valence-corrected chi connectivity index (χ1v) is 9.53. The van der Waals surface area contributed by atoms with Gasteiger partial charge in [-0.15, -0.1) is 0 Å². The number of halogens is 1. The van der Waals surface area contributed by atoms with Crippen molar-refractivity contribution >= 4 is 34.6 Å². The van der Waals surface area contributed by atoms with Gasteiger partial charge >= 0.3 is 0 Å². The second-order valence-electron chi connectivity index (χ2n) is 6.74. The predicted octanol–water partition coefficient (Wildman–Crippen LogP) is 4.29. The maximum atomic E-state index is 12.9. The minimum Gasteiger partial charge on any atom is -0.370 e. The van der Waals surface area contributed by atoms with Crippen LogP contribution in [0.1, 0.15) is 23.2 Å². The van der Waals surface area contributed by atoms with E-state index in [1.165, 1.54) is 29.2 Å². The van der Waals surface area contributed by atoms with E-state index in [1.807, 2.05) is 6.07 Å². The highest BCUT2D eigenvalue weighted by molar-refractivity contribution is 6.31. The number of nitrogens with zero attached hydrogens (tertiary/aromatic N) is 4. The molecule has 0 radical (unpaired) electrons. The van der Waals surface area contributed by atoms with E-state index >= 15 is 0 Å². The number of nitro benzene ring substituents is 1. The van der Waals surface area contributed by atoms with Crippen LogP contribution in [0.5, 0.6) is 0 Å². The topological polar surface area (TPSA) is 93.3 Å². The molecule has 8 nitrogen and oxygen atoms in total. The number of hydrogen-bond donors (Lipinski definition) is 1. The summed E-state index contributed by atoms with van der Waals surface area (Å²) in [6.45, 7) is 1.82. The number of aromatic nitrogens is 2. The van der Waals surface area contributed by atoms with Crippen molar-refractivity contribution in [3.8, 4) is 5.69 Å². The van der Waals surface area contributed by atoms with Gasteiger partial charge in [-0.2, -0.15) is 0 Å². The van der Waals surface area contributed by atoms with E-state index in [2.05, 4.69) is 15.2 Å². The van der Waals surface area contributed by atoms with Gasteiger partial charge in [0.1, 0.15) is 5.69 Å². The minimum atomic E-state index is -0.513. The highest BCUT2D eigenvalue weighted by atomic mass is 35.5. The van der Waals surface area contributed by atoms with Gasteiger partial charge in [-0.25, -0.2) is 4.98 Å². The van der Waals surface area contributed by atoms with Crippen molar-refractivity contribution in [1.29, 1.82) is 0 Å². The van der Waals surface area contributed by atoms with Gasteiger partial charge in [0.25, 0.3) is 11.6 Å². The molecule has 0 aliphatic carbocycles. The Hall–Kier alpha value is -3.39. The molecule has 1 N–H and O–H groups in total. The van der Waals surface area contributed by atoms with Crippen LogP contribution in [0.2, 0.25) is 5.02 Å². The lowest BCUT2D eigenvalue weighted by Gasteiger charge is -2.22. The number of hydrogen-bond acceptors (Lipinski definition) is 5. The summed E-state index contributed by atoms with van der Waals surface area (Å²) in [5.74, 6) is -0.437. The number of amides is 1. The molecule has 9 heteroatoms. The molecule has 2 heterocycles. The molecule has 1 saturated heterocycles. The van der Waals surface area contributed by atoms with E-state index in [1.54, 1.807) is 24.4 Å². The Balaban J connectivity index is 1.65. The summed E-state index contributed by atoms with van der Waals surface area (Å²) >= 11 is 6.13. The van der Waals surface area contributed by atoms with Gasteiger partial charge < -0.3 is 14.8 Å². The Morgan fingerprint density at radius 1 is 1.14 bits per heavy atom. The largest absolute Gasteiger partial charge is 0.370 e. The maximum absolute atomic E-state index is 12.9. The Kier molecular flexibility index (Phi) is 5.18. The third-order valence-electron chi connectivity index (χ3n) is 4.87.